The van der Waals surface area contributed by atoms with Gasteiger partial charge in [0.1, 0.15) is 5.82 Å². The summed E-state index contributed by atoms with van der Waals surface area (Å²) >= 11 is 0. The molecule has 1 aliphatic heterocycles. The zero-order valence-corrected chi connectivity index (χ0v) is 13.8. The molecule has 4 nitrogen and oxygen atoms in total. The number of aromatic nitrogens is 1. The lowest BCUT2D eigenvalue weighted by atomic mass is 10.1. The molecular formula is C20H17FN2O2. The van der Waals surface area contributed by atoms with Gasteiger partial charge in [0.15, 0.2) is 0 Å². The molecule has 0 saturated carbocycles. The first-order valence-electron chi connectivity index (χ1n) is 8.20. The summed E-state index contributed by atoms with van der Waals surface area (Å²) in [6.07, 6.45) is 0.249. The van der Waals surface area contributed by atoms with Gasteiger partial charge in [-0.3, -0.25) is 0 Å². The number of hydrogen-bond donors (Lipinski definition) is 0. The second-order valence-corrected chi connectivity index (χ2v) is 6.31. The number of benzene rings is 2. The van der Waals surface area contributed by atoms with E-state index in [9.17, 15) is 9.18 Å². The maximum absolute atomic E-state index is 13.0. The SMILES string of the molecule is Cc1ccc2cc3c(nc2c1)OC(=O)N(CCc1ccc(F)cc1)C3. The van der Waals surface area contributed by atoms with Crippen molar-refractivity contribution in [3.63, 3.8) is 0 Å². The third-order valence-electron chi connectivity index (χ3n) is 4.40. The van der Waals surface area contributed by atoms with Gasteiger partial charge in [-0.2, -0.15) is 0 Å². The van der Waals surface area contributed by atoms with Gasteiger partial charge in [-0.15, -0.1) is 0 Å². The lowest BCUT2D eigenvalue weighted by Gasteiger charge is -2.27. The highest BCUT2D eigenvalue weighted by Crippen LogP contribution is 2.28. The maximum atomic E-state index is 13.0. The fourth-order valence-corrected chi connectivity index (χ4v) is 3.01. The molecule has 0 spiro atoms. The number of pyridine rings is 1. The number of carbonyl (C=O) groups is 1. The van der Waals surface area contributed by atoms with Gasteiger partial charge in [0.25, 0.3) is 0 Å². The summed E-state index contributed by atoms with van der Waals surface area (Å²) < 4.78 is 18.4. The van der Waals surface area contributed by atoms with Crippen molar-refractivity contribution in [1.82, 2.24) is 9.88 Å². The van der Waals surface area contributed by atoms with Gasteiger partial charge in [0.05, 0.1) is 12.1 Å². The number of fused-ring (bicyclic) bond motifs is 2. The number of carbonyl (C=O) groups excluding carboxylic acids is 1. The van der Waals surface area contributed by atoms with Gasteiger partial charge in [-0.25, -0.2) is 14.2 Å². The molecule has 2 heterocycles. The van der Waals surface area contributed by atoms with E-state index in [1.165, 1.54) is 12.1 Å². The Labute approximate surface area is 144 Å². The van der Waals surface area contributed by atoms with Crippen LogP contribution in [0.2, 0.25) is 0 Å². The zero-order chi connectivity index (χ0) is 17.4. The first kappa shape index (κ1) is 15.6. The molecule has 0 N–H and O–H groups in total. The van der Waals surface area contributed by atoms with E-state index < -0.39 is 6.09 Å². The van der Waals surface area contributed by atoms with E-state index >= 15 is 0 Å². The monoisotopic (exact) mass is 336 g/mol. The highest BCUT2D eigenvalue weighted by Gasteiger charge is 2.26. The van der Waals surface area contributed by atoms with Crippen molar-refractivity contribution < 1.29 is 13.9 Å². The maximum Gasteiger partial charge on any atom is 0.416 e. The molecule has 0 bridgehead atoms. The van der Waals surface area contributed by atoms with Crippen LogP contribution in [0.4, 0.5) is 9.18 Å². The zero-order valence-electron chi connectivity index (χ0n) is 13.8. The molecule has 1 aliphatic rings. The number of hydrogen-bond acceptors (Lipinski definition) is 3. The predicted octanol–water partition coefficient (Wildman–Crippen LogP) is 4.24. The minimum Gasteiger partial charge on any atom is -0.391 e. The largest absolute Gasteiger partial charge is 0.416 e. The van der Waals surface area contributed by atoms with Crippen molar-refractivity contribution in [3.8, 4) is 5.88 Å². The Bertz CT molecular complexity index is 954. The van der Waals surface area contributed by atoms with Crippen LogP contribution in [0.25, 0.3) is 10.9 Å². The van der Waals surface area contributed by atoms with Crippen LogP contribution in [0, 0.1) is 12.7 Å². The molecular weight excluding hydrogens is 319 g/mol. The summed E-state index contributed by atoms with van der Waals surface area (Å²) in [4.78, 5) is 18.4. The Hall–Kier alpha value is -2.95. The van der Waals surface area contributed by atoms with Crippen molar-refractivity contribution in [2.24, 2.45) is 0 Å². The molecule has 0 fully saturated rings. The summed E-state index contributed by atoms with van der Waals surface area (Å²) in [5.41, 5.74) is 3.82. The second-order valence-electron chi connectivity index (χ2n) is 6.31. The number of amides is 1. The molecule has 0 saturated heterocycles. The van der Waals surface area contributed by atoms with E-state index in [0.717, 1.165) is 27.6 Å². The molecule has 0 radical (unpaired) electrons. The van der Waals surface area contributed by atoms with Crippen molar-refractivity contribution in [3.05, 3.63) is 71.0 Å². The Morgan fingerprint density at radius 1 is 1.16 bits per heavy atom. The Kier molecular flexibility index (Phi) is 3.84. The number of nitrogens with zero attached hydrogens (tertiary/aromatic N) is 2. The van der Waals surface area contributed by atoms with E-state index in [-0.39, 0.29) is 5.82 Å². The fourth-order valence-electron chi connectivity index (χ4n) is 3.01. The first-order chi connectivity index (χ1) is 12.1. The van der Waals surface area contributed by atoms with Gasteiger partial charge >= 0.3 is 6.09 Å². The summed E-state index contributed by atoms with van der Waals surface area (Å²) in [6.45, 7) is 2.98. The van der Waals surface area contributed by atoms with Crippen LogP contribution in [-0.4, -0.2) is 22.5 Å². The molecule has 3 aromatic rings. The Balaban J connectivity index is 1.54. The van der Waals surface area contributed by atoms with Crippen LogP contribution in [0.15, 0.2) is 48.5 Å². The highest BCUT2D eigenvalue weighted by molar-refractivity contribution is 5.82. The van der Waals surface area contributed by atoms with Gasteiger partial charge in [0, 0.05) is 17.5 Å². The summed E-state index contributed by atoms with van der Waals surface area (Å²) in [5.74, 6) is 0.129. The fraction of sp³-hybridized carbons (Fsp3) is 0.200. The van der Waals surface area contributed by atoms with Crippen LogP contribution in [-0.2, 0) is 13.0 Å². The van der Waals surface area contributed by atoms with Crippen LogP contribution in [0.1, 0.15) is 16.7 Å². The second kappa shape index (κ2) is 6.16. The van der Waals surface area contributed by atoms with Crippen LogP contribution < -0.4 is 4.74 Å². The molecule has 0 unspecified atom stereocenters. The minimum atomic E-state index is -0.394. The number of halogens is 1. The van der Waals surface area contributed by atoms with E-state index in [4.69, 9.17) is 4.74 Å². The average molecular weight is 336 g/mol. The molecule has 0 aliphatic carbocycles. The molecule has 1 amide bonds. The molecule has 5 heteroatoms. The summed E-state index contributed by atoms with van der Waals surface area (Å²) in [6, 6.07) is 14.4. The van der Waals surface area contributed by atoms with Crippen LogP contribution >= 0.6 is 0 Å². The van der Waals surface area contributed by atoms with Gasteiger partial charge in [-0.05, 0) is 48.7 Å². The summed E-state index contributed by atoms with van der Waals surface area (Å²) in [7, 11) is 0. The van der Waals surface area contributed by atoms with Crippen molar-refractivity contribution >= 4 is 17.0 Å². The van der Waals surface area contributed by atoms with E-state index in [0.29, 0.717) is 25.4 Å². The molecule has 1 aromatic heterocycles. The quantitative estimate of drug-likeness (QED) is 0.718. The van der Waals surface area contributed by atoms with Crippen molar-refractivity contribution in [2.45, 2.75) is 19.9 Å². The number of ether oxygens (including phenoxy) is 1. The molecule has 126 valence electrons. The third-order valence-corrected chi connectivity index (χ3v) is 4.40. The number of rotatable bonds is 3. The highest BCUT2D eigenvalue weighted by atomic mass is 19.1. The molecule has 0 atom stereocenters. The smallest absolute Gasteiger partial charge is 0.391 e. The van der Waals surface area contributed by atoms with Gasteiger partial charge < -0.3 is 9.64 Å². The van der Waals surface area contributed by atoms with Crippen LogP contribution in [0.3, 0.4) is 0 Å². The van der Waals surface area contributed by atoms with E-state index in [1.54, 1.807) is 17.0 Å². The normalized spacial score (nSPS) is 13.7. The Morgan fingerprint density at radius 3 is 2.76 bits per heavy atom. The van der Waals surface area contributed by atoms with Crippen LogP contribution in [0.5, 0.6) is 5.88 Å². The lowest BCUT2D eigenvalue weighted by Crippen LogP contribution is -2.38. The minimum absolute atomic E-state index is 0.261. The predicted molar refractivity (Wildman–Crippen MR) is 93.0 cm³/mol. The number of aryl methyl sites for hydroxylation is 1. The molecule has 2 aromatic carbocycles. The van der Waals surface area contributed by atoms with Crippen molar-refractivity contribution in [1.29, 1.82) is 0 Å². The standard InChI is InChI=1S/C20H17FN2O2/c1-13-2-5-15-11-16-12-23(9-8-14-3-6-17(21)7-4-14)20(24)25-19(16)22-18(15)10-13/h2-7,10-11H,8-9,12H2,1H3. The Morgan fingerprint density at radius 2 is 1.96 bits per heavy atom. The van der Waals surface area contributed by atoms with E-state index in [2.05, 4.69) is 4.98 Å². The van der Waals surface area contributed by atoms with Gasteiger partial charge in [-0.1, -0.05) is 24.3 Å². The van der Waals surface area contributed by atoms with Crippen molar-refractivity contribution in [2.75, 3.05) is 6.54 Å². The molecule has 25 heavy (non-hydrogen) atoms. The van der Waals surface area contributed by atoms with Gasteiger partial charge in [0.2, 0.25) is 5.88 Å². The lowest BCUT2D eigenvalue weighted by molar-refractivity contribution is 0.137. The topological polar surface area (TPSA) is 42.4 Å². The van der Waals surface area contributed by atoms with E-state index in [1.807, 2.05) is 31.2 Å². The first-order valence-corrected chi connectivity index (χ1v) is 8.20. The average Bonchev–Trinajstić information content (AvgIpc) is 2.60. The summed E-state index contributed by atoms with van der Waals surface area (Å²) in [5, 5.41) is 1.03. The third kappa shape index (κ3) is 3.18. The molecule has 4 rings (SSSR count).